The van der Waals surface area contributed by atoms with Gasteiger partial charge in [0.1, 0.15) is 30.1 Å². The molecule has 1 atom stereocenters. The van der Waals surface area contributed by atoms with E-state index in [9.17, 15) is 24.4 Å². The van der Waals surface area contributed by atoms with Crippen LogP contribution in [0.4, 0.5) is 10.1 Å². The molecule has 3 aromatic carbocycles. The number of hydrogen-bond acceptors (Lipinski definition) is 6. The van der Waals surface area contributed by atoms with Crippen LogP contribution in [0, 0.1) is 15.9 Å². The number of carbonyl (C=O) groups excluding carboxylic acids is 1. The first-order valence-corrected chi connectivity index (χ1v) is 10.9. The van der Waals surface area contributed by atoms with Crippen molar-refractivity contribution in [1.29, 1.82) is 0 Å². The fourth-order valence-corrected chi connectivity index (χ4v) is 3.62. The minimum Gasteiger partial charge on any atom is -0.491 e. The lowest BCUT2D eigenvalue weighted by molar-refractivity contribution is -0.384. The molecule has 4 rings (SSSR count). The fraction of sp³-hybridized carbons (Fsp3) is 0.200. The number of fused-ring (bicyclic) bond motifs is 1. The highest BCUT2D eigenvalue weighted by atomic mass is 19.1. The zero-order chi connectivity index (χ0) is 24.8. The summed E-state index contributed by atoms with van der Waals surface area (Å²) in [5.74, 6) is 0.126. The molecule has 35 heavy (non-hydrogen) atoms. The van der Waals surface area contributed by atoms with E-state index in [-0.39, 0.29) is 49.3 Å². The molecule has 1 unspecified atom stereocenters. The predicted molar refractivity (Wildman–Crippen MR) is 126 cm³/mol. The van der Waals surface area contributed by atoms with Gasteiger partial charge in [-0.2, -0.15) is 0 Å². The summed E-state index contributed by atoms with van der Waals surface area (Å²) in [4.78, 5) is 27.5. The van der Waals surface area contributed by atoms with E-state index in [2.05, 4.69) is 10.3 Å². The van der Waals surface area contributed by atoms with Crippen molar-refractivity contribution in [2.24, 2.45) is 0 Å². The van der Waals surface area contributed by atoms with Crippen molar-refractivity contribution in [3.8, 4) is 5.75 Å². The van der Waals surface area contributed by atoms with E-state index in [0.717, 1.165) is 11.1 Å². The van der Waals surface area contributed by atoms with Crippen LogP contribution in [0.5, 0.6) is 5.75 Å². The number of ether oxygens (including phenoxy) is 1. The van der Waals surface area contributed by atoms with Gasteiger partial charge in [-0.25, -0.2) is 9.37 Å². The number of carbonyl (C=O) groups is 1. The molecule has 0 aliphatic rings. The molecular formula is C25H23FN4O5. The van der Waals surface area contributed by atoms with Gasteiger partial charge in [0, 0.05) is 12.6 Å². The Labute approximate surface area is 199 Å². The van der Waals surface area contributed by atoms with Crippen LogP contribution in [0.25, 0.3) is 11.0 Å². The molecule has 0 spiro atoms. The molecule has 1 aromatic heterocycles. The van der Waals surface area contributed by atoms with E-state index in [0.29, 0.717) is 11.3 Å². The third-order valence-electron chi connectivity index (χ3n) is 5.32. The topological polar surface area (TPSA) is 120 Å². The number of rotatable bonds is 10. The van der Waals surface area contributed by atoms with Crippen molar-refractivity contribution < 1.29 is 24.0 Å². The molecule has 0 saturated carbocycles. The summed E-state index contributed by atoms with van der Waals surface area (Å²) >= 11 is 0. The molecule has 9 nitrogen and oxygen atoms in total. The first kappa shape index (κ1) is 23.8. The van der Waals surface area contributed by atoms with E-state index in [1.54, 1.807) is 22.8 Å². The lowest BCUT2D eigenvalue weighted by Crippen LogP contribution is -2.28. The molecule has 180 valence electrons. The van der Waals surface area contributed by atoms with Gasteiger partial charge in [0.15, 0.2) is 0 Å². The standard InChI is InChI=1S/C25H23FN4O5/c26-18-10-8-17(9-11-18)14-27-25(32)13-24-28-22-6-1-2-7-23(22)29(24)15-20(31)16-35-21-5-3-4-19(12-21)30(33)34/h1-12,20,31H,13-16H2,(H,27,32). The Hall–Kier alpha value is -4.31. The summed E-state index contributed by atoms with van der Waals surface area (Å²) in [6.45, 7) is 0.249. The number of halogens is 1. The monoisotopic (exact) mass is 478 g/mol. The van der Waals surface area contributed by atoms with E-state index < -0.39 is 11.0 Å². The number of aliphatic hydroxyl groups excluding tert-OH is 1. The molecule has 0 bridgehead atoms. The summed E-state index contributed by atoms with van der Waals surface area (Å²) in [6, 6.07) is 18.9. The molecule has 2 N–H and O–H groups in total. The number of hydrogen-bond donors (Lipinski definition) is 2. The zero-order valence-electron chi connectivity index (χ0n) is 18.6. The average Bonchev–Trinajstić information content (AvgIpc) is 3.19. The number of amides is 1. The zero-order valence-corrected chi connectivity index (χ0v) is 18.6. The van der Waals surface area contributed by atoms with Crippen molar-refractivity contribution in [1.82, 2.24) is 14.9 Å². The van der Waals surface area contributed by atoms with Crippen LogP contribution in [-0.2, 0) is 24.3 Å². The highest BCUT2D eigenvalue weighted by Gasteiger charge is 2.17. The molecule has 0 radical (unpaired) electrons. The van der Waals surface area contributed by atoms with Crippen molar-refractivity contribution in [2.75, 3.05) is 6.61 Å². The Morgan fingerprint density at radius 2 is 1.91 bits per heavy atom. The number of nitro groups is 1. The molecule has 10 heteroatoms. The van der Waals surface area contributed by atoms with Gasteiger partial charge in [0.25, 0.3) is 5.69 Å². The molecule has 0 saturated heterocycles. The fourth-order valence-electron chi connectivity index (χ4n) is 3.62. The molecule has 1 amide bonds. The number of benzene rings is 3. The average molecular weight is 478 g/mol. The Kier molecular flexibility index (Phi) is 7.32. The minimum atomic E-state index is -0.965. The van der Waals surface area contributed by atoms with Gasteiger partial charge in [-0.1, -0.05) is 30.3 Å². The number of aliphatic hydroxyl groups is 1. The third-order valence-corrected chi connectivity index (χ3v) is 5.32. The normalized spacial score (nSPS) is 11.8. The molecule has 0 aliphatic carbocycles. The van der Waals surface area contributed by atoms with Gasteiger partial charge in [-0.05, 0) is 35.9 Å². The van der Waals surface area contributed by atoms with Crippen LogP contribution in [0.3, 0.4) is 0 Å². The second-order valence-electron chi connectivity index (χ2n) is 7.93. The highest BCUT2D eigenvalue weighted by molar-refractivity contribution is 5.81. The van der Waals surface area contributed by atoms with E-state index in [1.807, 2.05) is 24.3 Å². The van der Waals surface area contributed by atoms with Gasteiger partial charge in [0.05, 0.1) is 35.0 Å². The van der Waals surface area contributed by atoms with Crippen LogP contribution < -0.4 is 10.1 Å². The predicted octanol–water partition coefficient (Wildman–Crippen LogP) is 3.38. The van der Waals surface area contributed by atoms with Crippen LogP contribution in [-0.4, -0.2) is 38.2 Å². The lowest BCUT2D eigenvalue weighted by Gasteiger charge is -2.16. The largest absolute Gasteiger partial charge is 0.491 e. The number of imidazole rings is 1. The van der Waals surface area contributed by atoms with Gasteiger partial charge in [-0.3, -0.25) is 14.9 Å². The Balaban J connectivity index is 1.43. The summed E-state index contributed by atoms with van der Waals surface area (Å²) in [5, 5.41) is 24.3. The SMILES string of the molecule is O=C(Cc1nc2ccccc2n1CC(O)COc1cccc([N+](=O)[O-])c1)NCc1ccc(F)cc1. The molecule has 0 fully saturated rings. The van der Waals surface area contributed by atoms with E-state index >= 15 is 0 Å². The number of non-ortho nitro benzene ring substituents is 1. The summed E-state index contributed by atoms with van der Waals surface area (Å²) in [7, 11) is 0. The summed E-state index contributed by atoms with van der Waals surface area (Å²) < 4.78 is 20.4. The number of nitro benzene ring substituents is 1. The summed E-state index contributed by atoms with van der Waals surface area (Å²) in [5.41, 5.74) is 2.09. The molecular weight excluding hydrogens is 455 g/mol. The number of para-hydroxylation sites is 2. The van der Waals surface area contributed by atoms with Crippen molar-refractivity contribution in [3.05, 3.63) is 100 Å². The molecule has 4 aromatic rings. The van der Waals surface area contributed by atoms with Crippen LogP contribution in [0.15, 0.2) is 72.8 Å². The molecule has 0 aliphatic heterocycles. The maximum atomic E-state index is 13.1. The van der Waals surface area contributed by atoms with Crippen LogP contribution in [0.1, 0.15) is 11.4 Å². The van der Waals surface area contributed by atoms with Gasteiger partial charge in [0.2, 0.25) is 5.91 Å². The second kappa shape index (κ2) is 10.7. The Morgan fingerprint density at radius 1 is 1.14 bits per heavy atom. The Morgan fingerprint density at radius 3 is 2.69 bits per heavy atom. The first-order chi connectivity index (χ1) is 16.9. The number of aromatic nitrogens is 2. The highest BCUT2D eigenvalue weighted by Crippen LogP contribution is 2.20. The van der Waals surface area contributed by atoms with Gasteiger partial charge >= 0.3 is 0 Å². The van der Waals surface area contributed by atoms with E-state index in [4.69, 9.17) is 4.74 Å². The van der Waals surface area contributed by atoms with Crippen molar-refractivity contribution >= 4 is 22.6 Å². The number of nitrogens with zero attached hydrogens (tertiary/aromatic N) is 3. The molecule has 1 heterocycles. The summed E-state index contributed by atoms with van der Waals surface area (Å²) in [6.07, 6.45) is -0.984. The van der Waals surface area contributed by atoms with Crippen molar-refractivity contribution in [3.63, 3.8) is 0 Å². The van der Waals surface area contributed by atoms with E-state index in [1.165, 1.54) is 30.3 Å². The number of nitrogens with one attached hydrogen (secondary N) is 1. The smallest absolute Gasteiger partial charge is 0.273 e. The Bertz CT molecular complexity index is 1340. The maximum absolute atomic E-state index is 13.1. The van der Waals surface area contributed by atoms with Crippen LogP contribution >= 0.6 is 0 Å². The van der Waals surface area contributed by atoms with Gasteiger partial charge in [-0.15, -0.1) is 0 Å². The maximum Gasteiger partial charge on any atom is 0.273 e. The third kappa shape index (κ3) is 6.18. The quantitative estimate of drug-likeness (QED) is 0.266. The van der Waals surface area contributed by atoms with Gasteiger partial charge < -0.3 is 19.7 Å². The van der Waals surface area contributed by atoms with Crippen LogP contribution in [0.2, 0.25) is 0 Å². The van der Waals surface area contributed by atoms with Crippen molar-refractivity contribution in [2.45, 2.75) is 25.6 Å². The minimum absolute atomic E-state index is 0.0195. The lowest BCUT2D eigenvalue weighted by atomic mass is 10.2. The second-order valence-corrected chi connectivity index (χ2v) is 7.93. The first-order valence-electron chi connectivity index (χ1n) is 10.9.